The lowest BCUT2D eigenvalue weighted by molar-refractivity contribution is -0.127. The number of nitrogens with one attached hydrogen (secondary N) is 2. The van der Waals surface area contributed by atoms with Crippen molar-refractivity contribution in [3.8, 4) is 0 Å². The Morgan fingerprint density at radius 2 is 2.08 bits per heavy atom. The molecule has 6 nitrogen and oxygen atoms in total. The van der Waals surface area contributed by atoms with Gasteiger partial charge >= 0.3 is 0 Å². The molecule has 0 aliphatic heterocycles. The van der Waals surface area contributed by atoms with Crippen LogP contribution in [0.5, 0.6) is 0 Å². The van der Waals surface area contributed by atoms with E-state index in [4.69, 9.17) is 27.9 Å². The summed E-state index contributed by atoms with van der Waals surface area (Å²) in [7, 11) is 3.41. The van der Waals surface area contributed by atoms with Crippen LogP contribution in [0.25, 0.3) is 0 Å². The molecule has 0 aliphatic rings. The summed E-state index contributed by atoms with van der Waals surface area (Å²) in [5.41, 5.74) is 0.902. The van der Waals surface area contributed by atoms with Crippen LogP contribution in [-0.4, -0.2) is 57.2 Å². The number of carbonyl (C=O) groups excluding carboxylic acids is 1. The maximum absolute atomic E-state index is 11.8. The van der Waals surface area contributed by atoms with E-state index >= 15 is 0 Å². The van der Waals surface area contributed by atoms with Crippen LogP contribution < -0.4 is 10.6 Å². The van der Waals surface area contributed by atoms with Crippen molar-refractivity contribution >= 4 is 35.1 Å². The van der Waals surface area contributed by atoms with Crippen LogP contribution in [-0.2, 0) is 9.53 Å². The monoisotopic (exact) mass is 402 g/mol. The number of ether oxygens (including phenoxy) is 1. The van der Waals surface area contributed by atoms with Crippen LogP contribution in [0.3, 0.4) is 0 Å². The van der Waals surface area contributed by atoms with Crippen molar-refractivity contribution in [1.29, 1.82) is 0 Å². The molecule has 146 valence electrons. The molecule has 0 spiro atoms. The minimum absolute atomic E-state index is 0.0643. The van der Waals surface area contributed by atoms with Crippen molar-refractivity contribution < 1.29 is 9.53 Å². The Morgan fingerprint density at radius 1 is 1.35 bits per heavy atom. The minimum Gasteiger partial charge on any atom is -0.382 e. The number of halogens is 2. The van der Waals surface area contributed by atoms with E-state index in [-0.39, 0.29) is 18.5 Å². The van der Waals surface area contributed by atoms with Gasteiger partial charge in [-0.3, -0.25) is 4.79 Å². The predicted molar refractivity (Wildman–Crippen MR) is 108 cm³/mol. The van der Waals surface area contributed by atoms with E-state index in [9.17, 15) is 4.79 Å². The van der Waals surface area contributed by atoms with Gasteiger partial charge in [-0.15, -0.1) is 0 Å². The second kappa shape index (κ2) is 12.0. The van der Waals surface area contributed by atoms with Crippen LogP contribution in [0, 0.1) is 0 Å². The van der Waals surface area contributed by atoms with E-state index in [1.807, 2.05) is 19.9 Å². The molecule has 0 aromatic heterocycles. The minimum atomic E-state index is -0.104. The van der Waals surface area contributed by atoms with E-state index in [0.717, 1.165) is 12.0 Å². The van der Waals surface area contributed by atoms with E-state index in [1.165, 1.54) is 4.90 Å². The first kappa shape index (κ1) is 22.5. The predicted octanol–water partition coefficient (Wildman–Crippen LogP) is 3.10. The van der Waals surface area contributed by atoms with Gasteiger partial charge in [0.15, 0.2) is 5.96 Å². The number of amides is 1. The number of carbonyl (C=O) groups is 1. The van der Waals surface area contributed by atoms with Crippen LogP contribution in [0.4, 0.5) is 0 Å². The Kier molecular flexibility index (Phi) is 10.4. The van der Waals surface area contributed by atoms with Gasteiger partial charge < -0.3 is 20.3 Å². The normalized spacial score (nSPS) is 12.6. The number of hydrogen-bond donors (Lipinski definition) is 2. The van der Waals surface area contributed by atoms with Crippen molar-refractivity contribution in [2.45, 2.75) is 26.3 Å². The molecule has 1 aromatic rings. The lowest BCUT2D eigenvalue weighted by Crippen LogP contribution is -2.40. The average molecular weight is 403 g/mol. The highest BCUT2D eigenvalue weighted by Crippen LogP contribution is 2.25. The molecule has 0 aliphatic carbocycles. The summed E-state index contributed by atoms with van der Waals surface area (Å²) in [6.07, 6.45) is 0.840. The summed E-state index contributed by atoms with van der Waals surface area (Å²) in [5, 5.41) is 7.67. The molecule has 0 bridgehead atoms. The van der Waals surface area contributed by atoms with Gasteiger partial charge in [-0.2, -0.15) is 0 Å². The van der Waals surface area contributed by atoms with Crippen LogP contribution >= 0.6 is 23.2 Å². The average Bonchev–Trinajstić information content (AvgIpc) is 2.58. The molecule has 0 radical (unpaired) electrons. The van der Waals surface area contributed by atoms with Crippen molar-refractivity contribution in [2.75, 3.05) is 40.4 Å². The van der Waals surface area contributed by atoms with Gasteiger partial charge in [0.2, 0.25) is 5.91 Å². The second-order valence-corrected chi connectivity index (χ2v) is 6.81. The van der Waals surface area contributed by atoms with Crippen molar-refractivity contribution in [2.24, 2.45) is 4.99 Å². The summed E-state index contributed by atoms with van der Waals surface area (Å²) < 4.78 is 5.33. The molecule has 1 rings (SSSR count). The molecule has 0 fully saturated rings. The molecule has 0 saturated heterocycles. The zero-order valence-electron chi connectivity index (χ0n) is 15.8. The molecule has 2 N–H and O–H groups in total. The highest BCUT2D eigenvalue weighted by molar-refractivity contribution is 6.35. The van der Waals surface area contributed by atoms with Crippen molar-refractivity contribution in [3.05, 3.63) is 33.8 Å². The maximum atomic E-state index is 11.8. The van der Waals surface area contributed by atoms with E-state index in [0.29, 0.717) is 35.8 Å². The van der Waals surface area contributed by atoms with Gasteiger partial charge in [0.1, 0.15) is 6.54 Å². The van der Waals surface area contributed by atoms with Gasteiger partial charge in [-0.1, -0.05) is 29.3 Å². The Morgan fingerprint density at radius 3 is 2.69 bits per heavy atom. The number of aliphatic imine (C=N–C) groups is 1. The third-order valence-electron chi connectivity index (χ3n) is 3.62. The lowest BCUT2D eigenvalue weighted by atomic mass is 10.1. The molecular weight excluding hydrogens is 375 g/mol. The fraction of sp³-hybridized carbons (Fsp3) is 0.556. The molecule has 0 heterocycles. The summed E-state index contributed by atoms with van der Waals surface area (Å²) in [5.74, 6) is 0.479. The van der Waals surface area contributed by atoms with Gasteiger partial charge in [-0.25, -0.2) is 4.99 Å². The zero-order chi connectivity index (χ0) is 19.5. The first-order valence-corrected chi connectivity index (χ1v) is 9.38. The summed E-state index contributed by atoms with van der Waals surface area (Å²) in [6, 6.07) is 5.27. The molecule has 26 heavy (non-hydrogen) atoms. The molecule has 1 atom stereocenters. The molecular formula is C18H28Cl2N4O2. The fourth-order valence-electron chi connectivity index (χ4n) is 2.10. The fourth-order valence-corrected chi connectivity index (χ4v) is 2.67. The number of likely N-dealkylation sites (N-methyl/N-ethyl adjacent to an activating group) is 1. The third-order valence-corrected chi connectivity index (χ3v) is 4.18. The highest BCUT2D eigenvalue weighted by Gasteiger charge is 2.13. The summed E-state index contributed by atoms with van der Waals surface area (Å²) >= 11 is 12.2. The second-order valence-electron chi connectivity index (χ2n) is 5.96. The SMILES string of the molecule is CCOCCCNC(=NCC(=O)N(C)C)NC(C)c1ccc(Cl)cc1Cl. The Balaban J connectivity index is 2.75. The molecule has 1 unspecified atom stereocenters. The zero-order valence-corrected chi connectivity index (χ0v) is 17.3. The van der Waals surface area contributed by atoms with Gasteiger partial charge in [0.05, 0.1) is 6.04 Å². The highest BCUT2D eigenvalue weighted by atomic mass is 35.5. The number of guanidine groups is 1. The first-order chi connectivity index (χ1) is 12.3. The Labute approximate surface area is 165 Å². The number of nitrogens with zero attached hydrogens (tertiary/aromatic N) is 2. The topological polar surface area (TPSA) is 66.0 Å². The van der Waals surface area contributed by atoms with Crippen LogP contribution in [0.15, 0.2) is 23.2 Å². The maximum Gasteiger partial charge on any atom is 0.243 e. The van der Waals surface area contributed by atoms with E-state index in [2.05, 4.69) is 15.6 Å². The molecule has 1 amide bonds. The molecule has 8 heteroatoms. The van der Waals surface area contributed by atoms with Crippen LogP contribution in [0.2, 0.25) is 10.0 Å². The summed E-state index contributed by atoms with van der Waals surface area (Å²) in [4.78, 5) is 17.7. The Hall–Kier alpha value is -1.50. The lowest BCUT2D eigenvalue weighted by Gasteiger charge is -2.20. The van der Waals surface area contributed by atoms with Gasteiger partial charge in [0, 0.05) is 43.9 Å². The number of hydrogen-bond acceptors (Lipinski definition) is 3. The number of rotatable bonds is 9. The van der Waals surface area contributed by atoms with Crippen molar-refractivity contribution in [1.82, 2.24) is 15.5 Å². The Bertz CT molecular complexity index is 609. The van der Waals surface area contributed by atoms with Gasteiger partial charge in [-0.05, 0) is 38.0 Å². The third kappa shape index (κ3) is 8.25. The molecule has 0 saturated carbocycles. The van der Waals surface area contributed by atoms with Crippen molar-refractivity contribution in [3.63, 3.8) is 0 Å². The molecule has 1 aromatic carbocycles. The largest absolute Gasteiger partial charge is 0.382 e. The standard InChI is InChI=1S/C18H28Cl2N4O2/c1-5-26-10-6-9-21-18(22-12-17(25)24(3)4)23-13(2)15-8-7-14(19)11-16(15)20/h7-8,11,13H,5-6,9-10,12H2,1-4H3,(H2,21,22,23). The van der Waals surface area contributed by atoms with E-state index < -0.39 is 0 Å². The number of benzene rings is 1. The summed E-state index contributed by atoms with van der Waals surface area (Å²) in [6.45, 7) is 6.05. The van der Waals surface area contributed by atoms with E-state index in [1.54, 1.807) is 26.2 Å². The van der Waals surface area contributed by atoms with Crippen LogP contribution in [0.1, 0.15) is 31.9 Å². The first-order valence-electron chi connectivity index (χ1n) is 8.62. The smallest absolute Gasteiger partial charge is 0.243 e. The quantitative estimate of drug-likeness (QED) is 0.378. The van der Waals surface area contributed by atoms with Gasteiger partial charge in [0.25, 0.3) is 0 Å².